The first-order valence-electron chi connectivity index (χ1n) is 5.35. The predicted octanol–water partition coefficient (Wildman–Crippen LogP) is 1.95. The Kier molecular flexibility index (Phi) is 5.58. The number of rotatable bonds is 6. The molecule has 0 spiro atoms. The maximum atomic E-state index is 5.58. The van der Waals surface area contributed by atoms with Crippen molar-refractivity contribution in [1.82, 2.24) is 0 Å². The normalized spacial score (nSPS) is 10.7. The van der Waals surface area contributed by atoms with Crippen molar-refractivity contribution in [2.75, 3.05) is 12.3 Å². The van der Waals surface area contributed by atoms with Crippen LogP contribution in [-0.2, 0) is 5.75 Å². The molecular weight excluding hydrogens is 206 g/mol. The van der Waals surface area contributed by atoms with E-state index in [0.717, 1.165) is 23.8 Å². The number of hydrogen-bond acceptors (Lipinski definition) is 2. The molecule has 0 fully saturated rings. The minimum absolute atomic E-state index is 0.247. The standard InChI is InChI=1S/C12H19NOS/c1-10(2)14-12-5-3-11(4-6-12)9-15-8-7-13/h3-6,10H,7-9,13H2,1-2H3/p+1. The van der Waals surface area contributed by atoms with Crippen molar-refractivity contribution in [2.45, 2.75) is 25.7 Å². The van der Waals surface area contributed by atoms with E-state index in [2.05, 4.69) is 17.9 Å². The Morgan fingerprint density at radius 1 is 1.27 bits per heavy atom. The number of quaternary nitrogens is 1. The Hall–Kier alpha value is -0.670. The molecule has 0 atom stereocenters. The average Bonchev–Trinajstić information content (AvgIpc) is 2.20. The van der Waals surface area contributed by atoms with Crippen molar-refractivity contribution in [3.63, 3.8) is 0 Å². The van der Waals surface area contributed by atoms with Crippen LogP contribution in [0.25, 0.3) is 0 Å². The fraction of sp³-hybridized carbons (Fsp3) is 0.500. The van der Waals surface area contributed by atoms with Gasteiger partial charge in [0, 0.05) is 11.5 Å². The van der Waals surface area contributed by atoms with Gasteiger partial charge in [0.2, 0.25) is 0 Å². The van der Waals surface area contributed by atoms with Gasteiger partial charge in [-0.15, -0.1) is 0 Å². The third kappa shape index (κ3) is 5.09. The second-order valence-electron chi connectivity index (χ2n) is 3.72. The summed E-state index contributed by atoms with van der Waals surface area (Å²) in [7, 11) is 0. The summed E-state index contributed by atoms with van der Waals surface area (Å²) in [4.78, 5) is 0. The van der Waals surface area contributed by atoms with Gasteiger partial charge in [0.15, 0.2) is 0 Å². The molecule has 1 rings (SSSR count). The zero-order chi connectivity index (χ0) is 11.1. The van der Waals surface area contributed by atoms with Crippen LogP contribution in [-0.4, -0.2) is 18.4 Å². The lowest BCUT2D eigenvalue weighted by molar-refractivity contribution is -0.360. The molecule has 0 aromatic heterocycles. The van der Waals surface area contributed by atoms with Gasteiger partial charge in [0.05, 0.1) is 12.6 Å². The van der Waals surface area contributed by atoms with Gasteiger partial charge in [-0.2, -0.15) is 11.8 Å². The van der Waals surface area contributed by atoms with Crippen LogP contribution in [0.1, 0.15) is 19.4 Å². The Bertz CT molecular complexity index is 271. The molecule has 0 radical (unpaired) electrons. The van der Waals surface area contributed by atoms with Crippen molar-refractivity contribution in [1.29, 1.82) is 0 Å². The minimum atomic E-state index is 0.247. The molecule has 84 valence electrons. The molecular formula is C12H20NOS+. The van der Waals surface area contributed by atoms with E-state index >= 15 is 0 Å². The fourth-order valence-electron chi connectivity index (χ4n) is 1.23. The third-order valence-electron chi connectivity index (χ3n) is 1.85. The molecule has 0 saturated carbocycles. The highest BCUT2D eigenvalue weighted by molar-refractivity contribution is 7.98. The maximum Gasteiger partial charge on any atom is 0.119 e. The molecule has 0 aliphatic carbocycles. The molecule has 0 aliphatic rings. The largest absolute Gasteiger partial charge is 0.491 e. The van der Waals surface area contributed by atoms with E-state index in [0.29, 0.717) is 0 Å². The molecule has 0 amide bonds. The smallest absolute Gasteiger partial charge is 0.119 e. The molecule has 0 bridgehead atoms. The van der Waals surface area contributed by atoms with Gasteiger partial charge < -0.3 is 10.5 Å². The van der Waals surface area contributed by atoms with E-state index in [1.165, 1.54) is 5.56 Å². The highest BCUT2D eigenvalue weighted by atomic mass is 32.2. The fourth-order valence-corrected chi connectivity index (χ4v) is 2.01. The van der Waals surface area contributed by atoms with Gasteiger partial charge in [-0.1, -0.05) is 12.1 Å². The number of ether oxygens (including phenoxy) is 1. The summed E-state index contributed by atoms with van der Waals surface area (Å²) < 4.78 is 5.58. The maximum absolute atomic E-state index is 5.58. The van der Waals surface area contributed by atoms with Gasteiger partial charge >= 0.3 is 0 Å². The summed E-state index contributed by atoms with van der Waals surface area (Å²) in [6.45, 7) is 5.08. The van der Waals surface area contributed by atoms with Crippen molar-refractivity contribution in [2.24, 2.45) is 0 Å². The zero-order valence-corrected chi connectivity index (χ0v) is 10.3. The second-order valence-corrected chi connectivity index (χ2v) is 4.82. The summed E-state index contributed by atoms with van der Waals surface area (Å²) in [5, 5.41) is 0. The summed E-state index contributed by atoms with van der Waals surface area (Å²) in [5.74, 6) is 3.15. The Morgan fingerprint density at radius 3 is 2.47 bits per heavy atom. The van der Waals surface area contributed by atoms with Crippen LogP contribution < -0.4 is 10.5 Å². The van der Waals surface area contributed by atoms with E-state index < -0.39 is 0 Å². The number of benzene rings is 1. The molecule has 2 nitrogen and oxygen atoms in total. The number of hydrogen-bond donors (Lipinski definition) is 1. The van der Waals surface area contributed by atoms with E-state index in [1.54, 1.807) is 0 Å². The van der Waals surface area contributed by atoms with E-state index in [1.807, 2.05) is 37.7 Å². The highest BCUT2D eigenvalue weighted by Gasteiger charge is 1.98. The van der Waals surface area contributed by atoms with Crippen LogP contribution in [0.3, 0.4) is 0 Å². The second kappa shape index (κ2) is 6.75. The first-order chi connectivity index (χ1) is 7.22. The molecule has 0 aliphatic heterocycles. The van der Waals surface area contributed by atoms with E-state index in [4.69, 9.17) is 4.74 Å². The van der Waals surface area contributed by atoms with Crippen molar-refractivity contribution in [3.8, 4) is 5.75 Å². The lowest BCUT2D eigenvalue weighted by Gasteiger charge is -2.09. The van der Waals surface area contributed by atoms with E-state index in [9.17, 15) is 0 Å². The van der Waals surface area contributed by atoms with Crippen LogP contribution in [0.15, 0.2) is 24.3 Å². The summed E-state index contributed by atoms with van der Waals surface area (Å²) >= 11 is 1.92. The van der Waals surface area contributed by atoms with Crippen LogP contribution in [0.4, 0.5) is 0 Å². The molecule has 0 heterocycles. The van der Waals surface area contributed by atoms with Gasteiger partial charge in [-0.3, -0.25) is 0 Å². The van der Waals surface area contributed by atoms with Gasteiger partial charge in [-0.25, -0.2) is 0 Å². The molecule has 3 N–H and O–H groups in total. The molecule has 0 unspecified atom stereocenters. The van der Waals surface area contributed by atoms with Crippen LogP contribution >= 0.6 is 11.8 Å². The Labute approximate surface area is 96.2 Å². The Morgan fingerprint density at radius 2 is 1.93 bits per heavy atom. The molecule has 1 aromatic rings. The summed E-state index contributed by atoms with van der Waals surface area (Å²) in [6, 6.07) is 8.35. The van der Waals surface area contributed by atoms with Crippen LogP contribution in [0, 0.1) is 0 Å². The monoisotopic (exact) mass is 226 g/mol. The van der Waals surface area contributed by atoms with Gasteiger partial charge in [0.25, 0.3) is 0 Å². The Balaban J connectivity index is 2.42. The van der Waals surface area contributed by atoms with Gasteiger partial charge in [-0.05, 0) is 31.5 Å². The van der Waals surface area contributed by atoms with Crippen molar-refractivity contribution in [3.05, 3.63) is 29.8 Å². The predicted molar refractivity (Wildman–Crippen MR) is 66.1 cm³/mol. The molecule has 3 heteroatoms. The molecule has 15 heavy (non-hydrogen) atoms. The molecule has 1 aromatic carbocycles. The zero-order valence-electron chi connectivity index (χ0n) is 9.53. The van der Waals surface area contributed by atoms with Gasteiger partial charge in [0.1, 0.15) is 5.75 Å². The van der Waals surface area contributed by atoms with Crippen LogP contribution in [0.2, 0.25) is 0 Å². The SMILES string of the molecule is CC(C)Oc1ccc(CSCC[NH3+])cc1. The van der Waals surface area contributed by atoms with Crippen molar-refractivity contribution < 1.29 is 10.5 Å². The van der Waals surface area contributed by atoms with Crippen molar-refractivity contribution >= 4 is 11.8 Å². The first kappa shape index (κ1) is 12.4. The average molecular weight is 226 g/mol. The number of thioether (sulfide) groups is 1. The van der Waals surface area contributed by atoms with Crippen LogP contribution in [0.5, 0.6) is 5.75 Å². The lowest BCUT2D eigenvalue weighted by atomic mass is 10.2. The van der Waals surface area contributed by atoms with E-state index in [-0.39, 0.29) is 6.10 Å². The molecule has 0 saturated heterocycles. The summed E-state index contributed by atoms with van der Waals surface area (Å²) in [6.07, 6.45) is 0.247. The lowest BCUT2D eigenvalue weighted by Crippen LogP contribution is -2.51. The minimum Gasteiger partial charge on any atom is -0.491 e. The quantitative estimate of drug-likeness (QED) is 0.753. The first-order valence-corrected chi connectivity index (χ1v) is 6.50. The topological polar surface area (TPSA) is 36.9 Å². The highest BCUT2D eigenvalue weighted by Crippen LogP contribution is 2.17. The summed E-state index contributed by atoms with van der Waals surface area (Å²) in [5.41, 5.74) is 5.17. The third-order valence-corrected chi connectivity index (χ3v) is 2.97.